The van der Waals surface area contributed by atoms with Gasteiger partial charge in [0, 0.05) is 26.7 Å². The molecule has 1 atom stereocenters. The maximum Gasteiger partial charge on any atom is 0.146 e. The molecule has 0 amide bonds. The van der Waals surface area contributed by atoms with Gasteiger partial charge < -0.3 is 15.0 Å². The first kappa shape index (κ1) is 14.2. The molecule has 1 N–H and O–H groups in total. The molecule has 2 rings (SSSR count). The molecule has 1 unspecified atom stereocenters. The Hall–Kier alpha value is -1.20. The summed E-state index contributed by atoms with van der Waals surface area (Å²) in [6, 6.07) is 0. The lowest BCUT2D eigenvalue weighted by Gasteiger charge is -2.27. The SMILES string of the molecule is CCNCc1cnc(N(C)CC2CCCCO2)cn1. The van der Waals surface area contributed by atoms with Crippen molar-refractivity contribution in [1.29, 1.82) is 0 Å². The van der Waals surface area contributed by atoms with Gasteiger partial charge in [0.2, 0.25) is 0 Å². The molecule has 1 aliphatic heterocycles. The lowest BCUT2D eigenvalue weighted by atomic mass is 10.1. The lowest BCUT2D eigenvalue weighted by Crippen LogP contribution is -2.33. The van der Waals surface area contributed by atoms with E-state index in [4.69, 9.17) is 4.74 Å². The van der Waals surface area contributed by atoms with Gasteiger partial charge in [-0.15, -0.1) is 0 Å². The number of hydrogen-bond donors (Lipinski definition) is 1. The first-order chi connectivity index (χ1) is 9.29. The third-order valence-corrected chi connectivity index (χ3v) is 3.39. The van der Waals surface area contributed by atoms with E-state index < -0.39 is 0 Å². The number of nitrogens with one attached hydrogen (secondary N) is 1. The highest BCUT2D eigenvalue weighted by Gasteiger charge is 2.16. The number of hydrogen-bond acceptors (Lipinski definition) is 5. The number of likely N-dealkylation sites (N-methyl/N-ethyl adjacent to an activating group) is 1. The zero-order valence-electron chi connectivity index (χ0n) is 11.9. The second-order valence-electron chi connectivity index (χ2n) is 5.02. The van der Waals surface area contributed by atoms with Gasteiger partial charge in [-0.2, -0.15) is 0 Å². The Labute approximate surface area is 115 Å². The molecule has 1 aromatic heterocycles. The van der Waals surface area contributed by atoms with Gasteiger partial charge in [0.05, 0.1) is 24.2 Å². The zero-order chi connectivity index (χ0) is 13.5. The number of nitrogens with zero attached hydrogens (tertiary/aromatic N) is 3. The van der Waals surface area contributed by atoms with Crippen LogP contribution in [0.2, 0.25) is 0 Å². The lowest BCUT2D eigenvalue weighted by molar-refractivity contribution is 0.0215. The van der Waals surface area contributed by atoms with Gasteiger partial charge in [0.15, 0.2) is 0 Å². The van der Waals surface area contributed by atoms with E-state index in [2.05, 4.69) is 27.1 Å². The summed E-state index contributed by atoms with van der Waals surface area (Å²) >= 11 is 0. The summed E-state index contributed by atoms with van der Waals surface area (Å²) in [6.07, 6.45) is 7.63. The summed E-state index contributed by atoms with van der Waals surface area (Å²) < 4.78 is 5.75. The third kappa shape index (κ3) is 4.44. The van der Waals surface area contributed by atoms with Gasteiger partial charge in [-0.05, 0) is 25.8 Å². The van der Waals surface area contributed by atoms with Crippen LogP contribution in [0.5, 0.6) is 0 Å². The summed E-state index contributed by atoms with van der Waals surface area (Å²) in [6.45, 7) is 5.59. The van der Waals surface area contributed by atoms with Gasteiger partial charge in [-0.25, -0.2) is 4.98 Å². The summed E-state index contributed by atoms with van der Waals surface area (Å²) in [5, 5.41) is 3.24. The Bertz CT molecular complexity index is 362. The van der Waals surface area contributed by atoms with Crippen molar-refractivity contribution in [1.82, 2.24) is 15.3 Å². The highest BCUT2D eigenvalue weighted by Crippen LogP contribution is 2.16. The van der Waals surface area contributed by atoms with Crippen molar-refractivity contribution in [3.8, 4) is 0 Å². The molecule has 0 aromatic carbocycles. The maximum atomic E-state index is 5.75. The van der Waals surface area contributed by atoms with Crippen molar-refractivity contribution in [2.24, 2.45) is 0 Å². The topological polar surface area (TPSA) is 50.3 Å². The molecule has 1 aromatic rings. The van der Waals surface area contributed by atoms with Crippen LogP contribution in [0.4, 0.5) is 5.82 Å². The van der Waals surface area contributed by atoms with E-state index >= 15 is 0 Å². The van der Waals surface area contributed by atoms with E-state index in [0.29, 0.717) is 6.10 Å². The van der Waals surface area contributed by atoms with Gasteiger partial charge in [0.1, 0.15) is 5.82 Å². The van der Waals surface area contributed by atoms with Crippen LogP contribution in [-0.2, 0) is 11.3 Å². The largest absolute Gasteiger partial charge is 0.376 e. The molecular weight excluding hydrogens is 240 g/mol. The Morgan fingerprint density at radius 3 is 2.89 bits per heavy atom. The van der Waals surface area contributed by atoms with Crippen LogP contribution in [0.1, 0.15) is 31.9 Å². The van der Waals surface area contributed by atoms with Gasteiger partial charge in [-0.1, -0.05) is 6.92 Å². The highest BCUT2D eigenvalue weighted by molar-refractivity contribution is 5.34. The Morgan fingerprint density at radius 1 is 1.37 bits per heavy atom. The fraction of sp³-hybridized carbons (Fsp3) is 0.714. The highest BCUT2D eigenvalue weighted by atomic mass is 16.5. The van der Waals surface area contributed by atoms with Crippen LogP contribution in [0, 0.1) is 0 Å². The van der Waals surface area contributed by atoms with E-state index in [0.717, 1.165) is 44.2 Å². The molecule has 1 aliphatic rings. The van der Waals surface area contributed by atoms with Crippen LogP contribution in [0.3, 0.4) is 0 Å². The molecule has 2 heterocycles. The predicted molar refractivity (Wildman–Crippen MR) is 76.3 cm³/mol. The average molecular weight is 264 g/mol. The van der Waals surface area contributed by atoms with E-state index in [1.54, 1.807) is 0 Å². The first-order valence-corrected chi connectivity index (χ1v) is 7.14. The molecule has 0 radical (unpaired) electrons. The standard InChI is InChI=1S/C14H24N4O/c1-3-15-8-12-9-17-14(10-16-12)18(2)11-13-6-4-5-7-19-13/h9-10,13,15H,3-8,11H2,1-2H3. The van der Waals surface area contributed by atoms with Crippen molar-refractivity contribution in [3.05, 3.63) is 18.1 Å². The van der Waals surface area contributed by atoms with Crippen LogP contribution in [-0.4, -0.2) is 42.8 Å². The number of ether oxygens (including phenoxy) is 1. The Balaban J connectivity index is 1.85. The minimum absolute atomic E-state index is 0.335. The van der Waals surface area contributed by atoms with Crippen molar-refractivity contribution in [2.45, 2.75) is 38.8 Å². The van der Waals surface area contributed by atoms with E-state index in [9.17, 15) is 0 Å². The van der Waals surface area contributed by atoms with Crippen molar-refractivity contribution < 1.29 is 4.74 Å². The summed E-state index contributed by atoms with van der Waals surface area (Å²) in [4.78, 5) is 11.0. The minimum atomic E-state index is 0.335. The normalized spacial score (nSPS) is 19.4. The molecule has 19 heavy (non-hydrogen) atoms. The molecule has 1 fully saturated rings. The van der Waals surface area contributed by atoms with Crippen LogP contribution in [0.25, 0.3) is 0 Å². The second kappa shape index (κ2) is 7.40. The minimum Gasteiger partial charge on any atom is -0.376 e. The second-order valence-corrected chi connectivity index (χ2v) is 5.02. The van der Waals surface area contributed by atoms with Crippen LogP contribution < -0.4 is 10.2 Å². The molecule has 5 nitrogen and oxygen atoms in total. The predicted octanol–water partition coefficient (Wildman–Crippen LogP) is 1.59. The number of rotatable bonds is 6. The summed E-state index contributed by atoms with van der Waals surface area (Å²) in [7, 11) is 2.05. The number of aromatic nitrogens is 2. The van der Waals surface area contributed by atoms with Gasteiger partial charge in [-0.3, -0.25) is 4.98 Å². The molecule has 0 spiro atoms. The first-order valence-electron chi connectivity index (χ1n) is 7.14. The Kier molecular flexibility index (Phi) is 5.54. The zero-order valence-corrected chi connectivity index (χ0v) is 11.9. The quantitative estimate of drug-likeness (QED) is 0.845. The summed E-state index contributed by atoms with van der Waals surface area (Å²) in [5.41, 5.74) is 0.980. The smallest absolute Gasteiger partial charge is 0.146 e. The van der Waals surface area contributed by atoms with E-state index in [1.807, 2.05) is 19.4 Å². The molecule has 106 valence electrons. The van der Waals surface area contributed by atoms with E-state index in [1.165, 1.54) is 12.8 Å². The van der Waals surface area contributed by atoms with Crippen molar-refractivity contribution in [2.75, 3.05) is 31.6 Å². The maximum absolute atomic E-state index is 5.75. The Morgan fingerprint density at radius 2 is 2.26 bits per heavy atom. The van der Waals surface area contributed by atoms with Gasteiger partial charge >= 0.3 is 0 Å². The van der Waals surface area contributed by atoms with Crippen molar-refractivity contribution >= 4 is 5.82 Å². The van der Waals surface area contributed by atoms with Crippen LogP contribution >= 0.6 is 0 Å². The molecular formula is C14H24N4O. The van der Waals surface area contributed by atoms with Crippen molar-refractivity contribution in [3.63, 3.8) is 0 Å². The van der Waals surface area contributed by atoms with Crippen LogP contribution in [0.15, 0.2) is 12.4 Å². The fourth-order valence-electron chi connectivity index (χ4n) is 2.24. The molecule has 1 saturated heterocycles. The molecule has 0 saturated carbocycles. The average Bonchev–Trinajstić information content (AvgIpc) is 2.46. The fourth-order valence-corrected chi connectivity index (χ4v) is 2.24. The van der Waals surface area contributed by atoms with Gasteiger partial charge in [0.25, 0.3) is 0 Å². The molecule has 0 bridgehead atoms. The van der Waals surface area contributed by atoms with E-state index in [-0.39, 0.29) is 0 Å². The number of anilines is 1. The molecule has 5 heteroatoms. The summed E-state index contributed by atoms with van der Waals surface area (Å²) in [5.74, 6) is 0.912. The third-order valence-electron chi connectivity index (χ3n) is 3.39. The monoisotopic (exact) mass is 264 g/mol. The molecule has 0 aliphatic carbocycles.